The quantitative estimate of drug-likeness (QED) is 0.249. The number of carbonyl (C=O) groups excluding carboxylic acids is 1. The molecule has 34 heavy (non-hydrogen) atoms. The normalized spacial score (nSPS) is 20.1. The van der Waals surface area contributed by atoms with Crippen LogP contribution >= 0.6 is 0 Å². The van der Waals surface area contributed by atoms with Gasteiger partial charge in [-0.05, 0) is 54.4 Å². The molecule has 3 N–H and O–H groups in total. The number of benzene rings is 2. The van der Waals surface area contributed by atoms with E-state index in [0.717, 1.165) is 24.1 Å². The number of hydrogen-bond donors (Lipinski definition) is 3. The van der Waals surface area contributed by atoms with Crippen LogP contribution in [0.2, 0.25) is 0 Å². The van der Waals surface area contributed by atoms with Crippen molar-refractivity contribution >= 4 is 17.5 Å². The summed E-state index contributed by atoms with van der Waals surface area (Å²) in [6.45, 7) is 7.04. The van der Waals surface area contributed by atoms with Crippen LogP contribution in [-0.4, -0.2) is 22.2 Å². The zero-order valence-electron chi connectivity index (χ0n) is 19.8. The van der Waals surface area contributed by atoms with Crippen LogP contribution in [0.15, 0.2) is 42.5 Å². The van der Waals surface area contributed by atoms with Crippen molar-refractivity contribution in [3.05, 3.63) is 63.7 Å². The van der Waals surface area contributed by atoms with Gasteiger partial charge in [-0.3, -0.25) is 15.0 Å². The van der Waals surface area contributed by atoms with Crippen LogP contribution in [0.4, 0.5) is 16.2 Å². The van der Waals surface area contributed by atoms with Gasteiger partial charge in [0, 0.05) is 36.5 Å². The highest BCUT2D eigenvalue weighted by Gasteiger charge is 2.33. The Morgan fingerprint density at radius 2 is 1.91 bits per heavy atom. The first kappa shape index (κ1) is 25.3. The number of amides is 1. The molecule has 2 aromatic carbocycles. The molecule has 1 fully saturated rings. The van der Waals surface area contributed by atoms with Crippen molar-refractivity contribution < 1.29 is 24.6 Å². The standard InChI is InChI=1S/C25H33N3O6/c1-16(2)22-10-4-17(3)12-24(22)33-34-25(30)27-14-18-5-7-20(8-6-18)26-15-19-13-21(28(31)32)9-11-23(19)29/h5-9,11,13,16-17,22,24,26,29H,4,10,12,14-15H2,1-3H3,(H,27,30). The maximum atomic E-state index is 12.1. The van der Waals surface area contributed by atoms with Crippen LogP contribution in [0.5, 0.6) is 5.75 Å². The van der Waals surface area contributed by atoms with Crippen LogP contribution in [0.1, 0.15) is 51.2 Å². The average molecular weight is 472 g/mol. The number of nitro groups is 1. The van der Waals surface area contributed by atoms with Crippen LogP contribution < -0.4 is 10.6 Å². The molecule has 0 aliphatic heterocycles. The van der Waals surface area contributed by atoms with Crippen molar-refractivity contribution in [3.8, 4) is 5.75 Å². The van der Waals surface area contributed by atoms with E-state index in [-0.39, 0.29) is 30.6 Å². The van der Waals surface area contributed by atoms with E-state index in [2.05, 4.69) is 31.4 Å². The number of nitrogens with one attached hydrogen (secondary N) is 2. The largest absolute Gasteiger partial charge is 0.508 e. The van der Waals surface area contributed by atoms with Crippen LogP contribution in [0.25, 0.3) is 0 Å². The first-order valence-electron chi connectivity index (χ1n) is 11.6. The highest BCUT2D eigenvalue weighted by molar-refractivity contribution is 5.66. The van der Waals surface area contributed by atoms with Crippen LogP contribution in [0, 0.1) is 27.9 Å². The SMILES string of the molecule is CC1CCC(C(C)C)C(OOC(=O)NCc2ccc(NCc3cc([N+](=O)[O-])ccc3O)cc2)C1. The van der Waals surface area contributed by atoms with E-state index in [0.29, 0.717) is 23.3 Å². The average Bonchev–Trinajstić information content (AvgIpc) is 2.81. The number of anilines is 1. The van der Waals surface area contributed by atoms with Gasteiger partial charge in [0.05, 0.1) is 4.92 Å². The van der Waals surface area contributed by atoms with E-state index in [9.17, 15) is 20.0 Å². The monoisotopic (exact) mass is 471 g/mol. The predicted molar refractivity (Wildman–Crippen MR) is 128 cm³/mol. The highest BCUT2D eigenvalue weighted by Crippen LogP contribution is 2.35. The summed E-state index contributed by atoms with van der Waals surface area (Å²) in [7, 11) is 0. The molecule has 0 bridgehead atoms. The Labute approximate surface area is 199 Å². The van der Waals surface area contributed by atoms with Crippen molar-refractivity contribution in [1.29, 1.82) is 0 Å². The highest BCUT2D eigenvalue weighted by atomic mass is 17.2. The number of non-ortho nitro benzene ring substituents is 1. The number of phenols is 1. The van der Waals surface area contributed by atoms with Gasteiger partial charge in [-0.25, -0.2) is 4.79 Å². The number of aromatic hydroxyl groups is 1. The molecule has 3 unspecified atom stereocenters. The number of nitrogens with zero attached hydrogens (tertiary/aromatic N) is 1. The lowest BCUT2D eigenvalue weighted by Crippen LogP contribution is -2.36. The van der Waals surface area contributed by atoms with Gasteiger partial charge in [0.1, 0.15) is 11.9 Å². The fraction of sp³-hybridized carbons (Fsp3) is 0.480. The molecule has 9 heteroatoms. The van der Waals surface area contributed by atoms with Gasteiger partial charge >= 0.3 is 6.09 Å². The van der Waals surface area contributed by atoms with Crippen molar-refractivity contribution in [1.82, 2.24) is 5.32 Å². The molecule has 9 nitrogen and oxygen atoms in total. The van der Waals surface area contributed by atoms with Gasteiger partial charge in [0.25, 0.3) is 5.69 Å². The van der Waals surface area contributed by atoms with E-state index in [1.54, 1.807) is 0 Å². The second kappa shape index (κ2) is 11.7. The van der Waals surface area contributed by atoms with E-state index < -0.39 is 11.0 Å². The molecule has 0 heterocycles. The number of hydrogen-bond acceptors (Lipinski definition) is 7. The van der Waals surface area contributed by atoms with Gasteiger partial charge in [0.15, 0.2) is 0 Å². The Balaban J connectivity index is 1.44. The molecule has 1 aliphatic carbocycles. The fourth-order valence-corrected chi connectivity index (χ4v) is 4.30. The van der Waals surface area contributed by atoms with Crippen molar-refractivity contribution in [3.63, 3.8) is 0 Å². The van der Waals surface area contributed by atoms with E-state index in [4.69, 9.17) is 9.78 Å². The fourth-order valence-electron chi connectivity index (χ4n) is 4.30. The molecule has 0 saturated heterocycles. The molecule has 1 aliphatic rings. The summed E-state index contributed by atoms with van der Waals surface area (Å²) < 4.78 is 0. The van der Waals surface area contributed by atoms with Gasteiger partial charge in [-0.15, -0.1) is 0 Å². The maximum Gasteiger partial charge on any atom is 0.438 e. The third kappa shape index (κ3) is 7.08. The summed E-state index contributed by atoms with van der Waals surface area (Å²) >= 11 is 0. The summed E-state index contributed by atoms with van der Waals surface area (Å²) in [5.41, 5.74) is 1.98. The molecule has 3 rings (SSSR count). The third-order valence-electron chi connectivity index (χ3n) is 6.36. The molecule has 2 aromatic rings. The second-order valence-electron chi connectivity index (χ2n) is 9.31. The third-order valence-corrected chi connectivity index (χ3v) is 6.36. The minimum Gasteiger partial charge on any atom is -0.508 e. The van der Waals surface area contributed by atoms with Gasteiger partial charge in [-0.1, -0.05) is 39.3 Å². The summed E-state index contributed by atoms with van der Waals surface area (Å²) in [6.07, 6.45) is 2.44. The van der Waals surface area contributed by atoms with Crippen molar-refractivity contribution in [2.45, 2.75) is 59.2 Å². The number of rotatable bonds is 9. The van der Waals surface area contributed by atoms with E-state index in [1.807, 2.05) is 24.3 Å². The number of phenolic OH excluding ortho intramolecular Hbond substituents is 1. The molecule has 0 spiro atoms. The Morgan fingerprint density at radius 3 is 2.59 bits per heavy atom. The lowest BCUT2D eigenvalue weighted by Gasteiger charge is -2.35. The predicted octanol–water partition coefficient (Wildman–Crippen LogP) is 5.53. The molecule has 1 amide bonds. The van der Waals surface area contributed by atoms with Crippen LogP contribution in [0.3, 0.4) is 0 Å². The number of carbonyl (C=O) groups is 1. The summed E-state index contributed by atoms with van der Waals surface area (Å²) in [6, 6.07) is 11.2. The molecule has 3 atom stereocenters. The van der Waals surface area contributed by atoms with Crippen molar-refractivity contribution in [2.24, 2.45) is 17.8 Å². The van der Waals surface area contributed by atoms with E-state index >= 15 is 0 Å². The Hall–Kier alpha value is -3.33. The zero-order chi connectivity index (χ0) is 24.7. The molecular weight excluding hydrogens is 438 g/mol. The minimum atomic E-state index is -0.621. The van der Waals surface area contributed by atoms with Gasteiger partial charge in [-0.2, -0.15) is 4.89 Å². The molecule has 0 aromatic heterocycles. The summed E-state index contributed by atoms with van der Waals surface area (Å²) in [5, 5.41) is 26.6. The Kier molecular flexibility index (Phi) is 8.70. The first-order chi connectivity index (χ1) is 16.2. The van der Waals surface area contributed by atoms with Crippen molar-refractivity contribution in [2.75, 3.05) is 5.32 Å². The first-order valence-corrected chi connectivity index (χ1v) is 11.6. The topological polar surface area (TPSA) is 123 Å². The smallest absolute Gasteiger partial charge is 0.438 e. The molecule has 184 valence electrons. The summed E-state index contributed by atoms with van der Waals surface area (Å²) in [5.74, 6) is 1.40. The molecule has 1 saturated carbocycles. The summed E-state index contributed by atoms with van der Waals surface area (Å²) in [4.78, 5) is 33.1. The maximum absolute atomic E-state index is 12.1. The van der Waals surface area contributed by atoms with Gasteiger partial charge in [0.2, 0.25) is 0 Å². The lowest BCUT2D eigenvalue weighted by atomic mass is 9.75. The van der Waals surface area contributed by atoms with Crippen LogP contribution in [-0.2, 0) is 22.9 Å². The van der Waals surface area contributed by atoms with Gasteiger partial charge < -0.3 is 15.7 Å². The molecular formula is C25H33N3O6. The molecule has 0 radical (unpaired) electrons. The zero-order valence-corrected chi connectivity index (χ0v) is 19.8. The second-order valence-corrected chi connectivity index (χ2v) is 9.31. The minimum absolute atomic E-state index is 0.0120. The lowest BCUT2D eigenvalue weighted by molar-refractivity contribution is -0.384. The number of nitro benzene ring substituents is 1. The van der Waals surface area contributed by atoms with E-state index in [1.165, 1.54) is 24.6 Å². The Morgan fingerprint density at radius 1 is 1.18 bits per heavy atom. The Bertz CT molecular complexity index is 979.